The van der Waals surface area contributed by atoms with Gasteiger partial charge in [-0.2, -0.15) is 4.31 Å². The third-order valence-electron chi connectivity index (χ3n) is 3.92. The number of nitrogens with zero attached hydrogens (tertiary/aromatic N) is 1. The maximum absolute atomic E-state index is 12.6. The molecule has 11 heteroatoms. The summed E-state index contributed by atoms with van der Waals surface area (Å²) in [6.07, 6.45) is -4.86. The van der Waals surface area contributed by atoms with Gasteiger partial charge in [-0.1, -0.05) is 12.1 Å². The van der Waals surface area contributed by atoms with E-state index in [2.05, 4.69) is 4.74 Å². The Morgan fingerprint density at radius 2 is 1.87 bits per heavy atom. The minimum atomic E-state index is -5.03. The number of sulfone groups is 1. The summed E-state index contributed by atoms with van der Waals surface area (Å²) in [5.41, 5.74) is 0. The Bertz CT molecular complexity index is 834. The van der Waals surface area contributed by atoms with Crippen molar-refractivity contribution in [1.29, 1.82) is 0 Å². The molecule has 2 atom stereocenters. The lowest BCUT2D eigenvalue weighted by Gasteiger charge is -2.26. The molecule has 2 heterocycles. The number of hydrogen-bond acceptors (Lipinski definition) is 5. The predicted molar refractivity (Wildman–Crippen MR) is 73.0 cm³/mol. The predicted octanol–water partition coefficient (Wildman–Crippen LogP) is 1.15. The van der Waals surface area contributed by atoms with E-state index in [1.807, 2.05) is 0 Å². The van der Waals surface area contributed by atoms with Gasteiger partial charge in [-0.25, -0.2) is 16.8 Å². The van der Waals surface area contributed by atoms with Crippen molar-refractivity contribution in [3.63, 3.8) is 0 Å². The Kier molecular flexibility index (Phi) is 3.65. The molecule has 2 unspecified atom stereocenters. The van der Waals surface area contributed by atoms with Crippen LogP contribution in [-0.2, 0) is 19.9 Å². The van der Waals surface area contributed by atoms with E-state index in [-0.39, 0.29) is 18.7 Å². The molecule has 0 N–H and O–H groups in total. The molecule has 2 aliphatic rings. The second kappa shape index (κ2) is 5.08. The van der Waals surface area contributed by atoms with Crippen molar-refractivity contribution in [2.24, 2.45) is 0 Å². The fraction of sp³-hybridized carbons (Fsp3) is 0.500. The molecule has 1 aromatic carbocycles. The SMILES string of the molecule is O=S1(=O)CC2CC1CN2S(=O)(=O)c1ccccc1OC(F)(F)F. The molecule has 0 aliphatic carbocycles. The molecule has 0 saturated carbocycles. The average Bonchev–Trinajstić information content (AvgIpc) is 2.93. The standard InChI is InChI=1S/C12H12F3NO5S2/c13-12(14,15)21-10-3-1-2-4-11(10)23(19,20)16-6-9-5-8(16)7-22(9,17)18/h1-4,8-9H,5-7H2. The zero-order valence-corrected chi connectivity index (χ0v) is 13.2. The normalized spacial score (nSPS) is 27.3. The maximum Gasteiger partial charge on any atom is 0.573 e. The molecule has 6 nitrogen and oxygen atoms in total. The average molecular weight is 371 g/mol. The number of alkyl halides is 3. The first-order chi connectivity index (χ1) is 10.5. The molecule has 23 heavy (non-hydrogen) atoms. The van der Waals surface area contributed by atoms with Crippen LogP contribution < -0.4 is 4.74 Å². The van der Waals surface area contributed by atoms with Gasteiger partial charge in [-0.15, -0.1) is 13.2 Å². The van der Waals surface area contributed by atoms with E-state index in [0.717, 1.165) is 16.4 Å². The van der Waals surface area contributed by atoms with Gasteiger partial charge in [0, 0.05) is 12.6 Å². The zero-order valence-electron chi connectivity index (χ0n) is 11.5. The molecule has 0 spiro atoms. The van der Waals surface area contributed by atoms with Crippen LogP contribution in [0, 0.1) is 0 Å². The molecule has 0 radical (unpaired) electrons. The van der Waals surface area contributed by atoms with Crippen molar-refractivity contribution in [2.75, 3.05) is 12.3 Å². The minimum absolute atomic E-state index is 0.170. The first-order valence-corrected chi connectivity index (χ1v) is 9.74. The molecular weight excluding hydrogens is 359 g/mol. The molecule has 128 valence electrons. The summed E-state index contributed by atoms with van der Waals surface area (Å²) < 4.78 is 90.7. The summed E-state index contributed by atoms with van der Waals surface area (Å²) in [4.78, 5) is -0.623. The van der Waals surface area contributed by atoms with Crippen LogP contribution >= 0.6 is 0 Å². The molecular formula is C12H12F3NO5S2. The third kappa shape index (κ3) is 2.92. The Balaban J connectivity index is 1.97. The first kappa shape index (κ1) is 16.5. The Morgan fingerprint density at radius 1 is 1.22 bits per heavy atom. The highest BCUT2D eigenvalue weighted by Crippen LogP contribution is 2.39. The van der Waals surface area contributed by atoms with Crippen molar-refractivity contribution in [1.82, 2.24) is 4.31 Å². The van der Waals surface area contributed by atoms with Crippen LogP contribution in [0.2, 0.25) is 0 Å². The van der Waals surface area contributed by atoms with Gasteiger partial charge in [0.1, 0.15) is 10.6 Å². The number of benzene rings is 1. The lowest BCUT2D eigenvalue weighted by Crippen LogP contribution is -2.44. The monoisotopic (exact) mass is 371 g/mol. The molecule has 2 aliphatic heterocycles. The highest BCUT2D eigenvalue weighted by atomic mass is 32.2. The van der Waals surface area contributed by atoms with Gasteiger partial charge in [-0.05, 0) is 18.6 Å². The Hall–Kier alpha value is -1.33. The Labute approximate surface area is 130 Å². The first-order valence-electron chi connectivity index (χ1n) is 6.59. The van der Waals surface area contributed by atoms with Crippen molar-refractivity contribution in [2.45, 2.75) is 29.0 Å². The number of ether oxygens (including phenoxy) is 1. The van der Waals surface area contributed by atoms with E-state index >= 15 is 0 Å². The summed E-state index contributed by atoms with van der Waals surface area (Å²) in [5, 5.41) is -0.794. The molecule has 0 amide bonds. The van der Waals surface area contributed by atoms with E-state index in [4.69, 9.17) is 0 Å². The van der Waals surface area contributed by atoms with Crippen molar-refractivity contribution >= 4 is 19.9 Å². The summed E-state index contributed by atoms with van der Waals surface area (Å²) in [6, 6.07) is 3.68. The number of hydrogen-bond donors (Lipinski definition) is 0. The van der Waals surface area contributed by atoms with Crippen LogP contribution in [0.4, 0.5) is 13.2 Å². The maximum atomic E-state index is 12.6. The molecule has 2 saturated heterocycles. The minimum Gasteiger partial charge on any atom is -0.404 e. The van der Waals surface area contributed by atoms with Gasteiger partial charge in [0.05, 0.1) is 11.0 Å². The fourth-order valence-electron chi connectivity index (χ4n) is 2.95. The number of fused-ring (bicyclic) bond motifs is 2. The molecule has 1 aromatic rings. The van der Waals surface area contributed by atoms with Gasteiger partial charge in [-0.3, -0.25) is 0 Å². The number of para-hydroxylation sites is 1. The molecule has 2 fully saturated rings. The van der Waals surface area contributed by atoms with Gasteiger partial charge < -0.3 is 4.74 Å². The van der Waals surface area contributed by atoms with E-state index in [1.165, 1.54) is 12.1 Å². The highest BCUT2D eigenvalue weighted by molar-refractivity contribution is 7.93. The van der Waals surface area contributed by atoms with Crippen LogP contribution in [-0.4, -0.2) is 51.1 Å². The third-order valence-corrected chi connectivity index (χ3v) is 8.08. The summed E-state index contributed by atoms with van der Waals surface area (Å²) >= 11 is 0. The second-order valence-electron chi connectivity index (χ2n) is 5.41. The zero-order chi connectivity index (χ0) is 17.0. The highest BCUT2D eigenvalue weighted by Gasteiger charge is 2.53. The molecule has 2 bridgehead atoms. The second-order valence-corrected chi connectivity index (χ2v) is 9.60. The number of halogens is 3. The van der Waals surface area contributed by atoms with E-state index in [9.17, 15) is 30.0 Å². The van der Waals surface area contributed by atoms with Gasteiger partial charge in [0.2, 0.25) is 10.0 Å². The smallest absolute Gasteiger partial charge is 0.404 e. The molecule has 3 rings (SSSR count). The van der Waals surface area contributed by atoms with Crippen molar-refractivity contribution in [3.05, 3.63) is 24.3 Å². The van der Waals surface area contributed by atoms with Crippen LogP contribution in [0.3, 0.4) is 0 Å². The van der Waals surface area contributed by atoms with Gasteiger partial charge >= 0.3 is 6.36 Å². The Morgan fingerprint density at radius 3 is 2.39 bits per heavy atom. The van der Waals surface area contributed by atoms with E-state index in [0.29, 0.717) is 0 Å². The summed E-state index contributed by atoms with van der Waals surface area (Å²) in [6.45, 7) is -0.240. The van der Waals surface area contributed by atoms with Crippen molar-refractivity contribution < 1.29 is 34.7 Å². The van der Waals surface area contributed by atoms with Crippen LogP contribution in [0.5, 0.6) is 5.75 Å². The van der Waals surface area contributed by atoms with Crippen molar-refractivity contribution in [3.8, 4) is 5.75 Å². The van der Waals surface area contributed by atoms with E-state index in [1.54, 1.807) is 0 Å². The van der Waals surface area contributed by atoms with Crippen LogP contribution in [0.25, 0.3) is 0 Å². The largest absolute Gasteiger partial charge is 0.573 e. The molecule has 0 aromatic heterocycles. The van der Waals surface area contributed by atoms with Gasteiger partial charge in [0.15, 0.2) is 9.84 Å². The van der Waals surface area contributed by atoms with Crippen LogP contribution in [0.1, 0.15) is 6.42 Å². The number of sulfonamides is 1. The fourth-order valence-corrected chi connectivity index (χ4v) is 6.97. The lowest BCUT2D eigenvalue weighted by molar-refractivity contribution is -0.275. The van der Waals surface area contributed by atoms with Crippen LogP contribution in [0.15, 0.2) is 29.2 Å². The van der Waals surface area contributed by atoms with Gasteiger partial charge in [0.25, 0.3) is 0 Å². The number of rotatable bonds is 3. The lowest BCUT2D eigenvalue weighted by atomic mass is 10.3. The quantitative estimate of drug-likeness (QED) is 0.796. The topological polar surface area (TPSA) is 80.8 Å². The summed E-state index contributed by atoms with van der Waals surface area (Å²) in [5.74, 6) is -1.13. The van der Waals surface area contributed by atoms with E-state index < -0.39 is 48.2 Å². The summed E-state index contributed by atoms with van der Waals surface area (Å²) in [7, 11) is -7.60.